The van der Waals surface area contributed by atoms with Crippen LogP contribution >= 0.6 is 23.2 Å². The van der Waals surface area contributed by atoms with E-state index in [-0.39, 0.29) is 17.0 Å². The van der Waals surface area contributed by atoms with E-state index in [2.05, 4.69) is 0 Å². The van der Waals surface area contributed by atoms with Crippen LogP contribution in [0, 0.1) is 0 Å². The number of hydrogen-bond donors (Lipinski definition) is 0. The van der Waals surface area contributed by atoms with Gasteiger partial charge in [-0.05, 0) is 43.9 Å². The van der Waals surface area contributed by atoms with Gasteiger partial charge in [0.15, 0.2) is 0 Å². The zero-order chi connectivity index (χ0) is 14.3. The Labute approximate surface area is 129 Å². The van der Waals surface area contributed by atoms with Crippen LogP contribution in [0.4, 0.5) is 0 Å². The molecule has 0 saturated carbocycles. The van der Waals surface area contributed by atoms with Crippen molar-refractivity contribution in [2.75, 3.05) is 0 Å². The molecule has 6 heteroatoms. The van der Waals surface area contributed by atoms with E-state index in [1.807, 2.05) is 0 Å². The molecule has 0 amide bonds. The van der Waals surface area contributed by atoms with Gasteiger partial charge in [0, 0.05) is 22.1 Å². The molecule has 110 valence electrons. The van der Waals surface area contributed by atoms with Crippen LogP contribution in [-0.4, -0.2) is 24.8 Å². The van der Waals surface area contributed by atoms with Crippen molar-refractivity contribution in [2.24, 2.45) is 0 Å². The molecule has 2 aliphatic rings. The third-order valence-corrected chi connectivity index (χ3v) is 6.70. The van der Waals surface area contributed by atoms with Gasteiger partial charge in [-0.3, -0.25) is 0 Å². The van der Waals surface area contributed by atoms with Gasteiger partial charge in [0.1, 0.15) is 0 Å². The summed E-state index contributed by atoms with van der Waals surface area (Å²) in [5, 5.41) is 0.719. The van der Waals surface area contributed by atoms with Gasteiger partial charge in [-0.2, -0.15) is 4.31 Å². The Morgan fingerprint density at radius 2 is 1.35 bits per heavy atom. The fourth-order valence-electron chi connectivity index (χ4n) is 3.47. The first-order valence-corrected chi connectivity index (χ1v) is 9.18. The number of hydrogen-bond acceptors (Lipinski definition) is 2. The van der Waals surface area contributed by atoms with Crippen molar-refractivity contribution in [3.05, 3.63) is 28.2 Å². The molecule has 0 atom stereocenters. The number of benzene rings is 1. The van der Waals surface area contributed by atoms with E-state index in [1.54, 1.807) is 10.4 Å². The first-order valence-electron chi connectivity index (χ1n) is 6.98. The molecule has 2 fully saturated rings. The molecule has 2 heterocycles. The van der Waals surface area contributed by atoms with E-state index in [1.165, 1.54) is 12.1 Å². The van der Waals surface area contributed by atoms with Crippen LogP contribution in [0.5, 0.6) is 0 Å². The van der Waals surface area contributed by atoms with E-state index >= 15 is 0 Å². The van der Waals surface area contributed by atoms with Crippen molar-refractivity contribution in [1.29, 1.82) is 0 Å². The maximum Gasteiger partial charge on any atom is 0.243 e. The normalized spacial score (nSPS) is 27.5. The predicted molar refractivity (Wildman–Crippen MR) is 80.8 cm³/mol. The van der Waals surface area contributed by atoms with E-state index < -0.39 is 10.0 Å². The lowest BCUT2D eigenvalue weighted by atomic mass is 9.87. The minimum absolute atomic E-state index is 0.144. The second kappa shape index (κ2) is 5.48. The molecule has 20 heavy (non-hydrogen) atoms. The molecular formula is C14H17Cl2NO2S. The minimum Gasteiger partial charge on any atom is -0.207 e. The lowest BCUT2D eigenvalue weighted by Gasteiger charge is -2.44. The molecule has 0 radical (unpaired) electrons. The van der Waals surface area contributed by atoms with Crippen molar-refractivity contribution in [2.45, 2.75) is 55.5 Å². The van der Waals surface area contributed by atoms with Crippen LogP contribution < -0.4 is 0 Å². The fraction of sp³-hybridized carbons (Fsp3) is 0.571. The highest BCUT2D eigenvalue weighted by Crippen LogP contribution is 2.38. The number of sulfonamides is 1. The smallest absolute Gasteiger partial charge is 0.207 e. The van der Waals surface area contributed by atoms with Gasteiger partial charge in [-0.1, -0.05) is 36.0 Å². The van der Waals surface area contributed by atoms with E-state index in [0.717, 1.165) is 38.5 Å². The Hall–Kier alpha value is -0.290. The van der Waals surface area contributed by atoms with E-state index in [0.29, 0.717) is 10.0 Å². The number of halogens is 2. The standard InChI is InChI=1S/C14H17Cl2NO2S/c15-10-7-11(16)9-14(8-10)20(18,19)17-12-3-1-4-13(17)6-2-5-12/h7-9,12-13H,1-6H2. The highest BCUT2D eigenvalue weighted by Gasteiger charge is 2.41. The van der Waals surface area contributed by atoms with Crippen molar-refractivity contribution in [1.82, 2.24) is 4.31 Å². The van der Waals surface area contributed by atoms with Crippen LogP contribution in [-0.2, 0) is 10.0 Å². The molecule has 0 spiro atoms. The SMILES string of the molecule is O=S(=O)(c1cc(Cl)cc(Cl)c1)N1C2CCCC1CCC2. The molecular weight excluding hydrogens is 317 g/mol. The molecule has 2 bridgehead atoms. The zero-order valence-electron chi connectivity index (χ0n) is 11.1. The maximum atomic E-state index is 12.9. The highest BCUT2D eigenvalue weighted by molar-refractivity contribution is 7.89. The van der Waals surface area contributed by atoms with Crippen molar-refractivity contribution < 1.29 is 8.42 Å². The van der Waals surface area contributed by atoms with Crippen molar-refractivity contribution in [3.63, 3.8) is 0 Å². The molecule has 0 aliphatic carbocycles. The highest BCUT2D eigenvalue weighted by atomic mass is 35.5. The summed E-state index contributed by atoms with van der Waals surface area (Å²) >= 11 is 11.9. The maximum absolute atomic E-state index is 12.9. The quantitative estimate of drug-likeness (QED) is 0.817. The summed E-state index contributed by atoms with van der Waals surface area (Å²) in [6, 6.07) is 4.83. The molecule has 3 rings (SSSR count). The van der Waals surface area contributed by atoms with Crippen LogP contribution in [0.15, 0.2) is 23.1 Å². The third kappa shape index (κ3) is 2.59. The molecule has 0 unspecified atom stereocenters. The molecule has 3 nitrogen and oxygen atoms in total. The molecule has 0 N–H and O–H groups in total. The van der Waals surface area contributed by atoms with Gasteiger partial charge >= 0.3 is 0 Å². The van der Waals surface area contributed by atoms with Crippen LogP contribution in [0.3, 0.4) is 0 Å². The molecule has 1 aromatic carbocycles. The van der Waals surface area contributed by atoms with Crippen molar-refractivity contribution >= 4 is 33.2 Å². The van der Waals surface area contributed by atoms with Crippen LogP contribution in [0.1, 0.15) is 38.5 Å². The predicted octanol–water partition coefficient (Wildman–Crippen LogP) is 4.09. The van der Waals surface area contributed by atoms with Gasteiger partial charge in [-0.15, -0.1) is 0 Å². The summed E-state index contributed by atoms with van der Waals surface area (Å²) in [5.74, 6) is 0. The summed E-state index contributed by atoms with van der Waals surface area (Å²) in [6.45, 7) is 0. The average molecular weight is 334 g/mol. The van der Waals surface area contributed by atoms with Crippen molar-refractivity contribution in [3.8, 4) is 0 Å². The second-order valence-corrected chi connectivity index (χ2v) is 8.33. The summed E-state index contributed by atoms with van der Waals surface area (Å²) in [5.41, 5.74) is 0. The third-order valence-electron chi connectivity index (χ3n) is 4.28. The van der Waals surface area contributed by atoms with Gasteiger partial charge in [0.25, 0.3) is 0 Å². The topological polar surface area (TPSA) is 37.4 Å². The lowest BCUT2D eigenvalue weighted by Crippen LogP contribution is -2.52. The Balaban J connectivity index is 2.02. The number of piperidine rings is 2. The number of fused-ring (bicyclic) bond motifs is 2. The number of nitrogens with zero attached hydrogens (tertiary/aromatic N) is 1. The minimum atomic E-state index is -3.50. The Bertz CT molecular complexity index is 575. The van der Waals surface area contributed by atoms with E-state index in [9.17, 15) is 8.42 Å². The molecule has 2 aliphatic heterocycles. The largest absolute Gasteiger partial charge is 0.243 e. The first kappa shape index (κ1) is 14.6. The van der Waals surface area contributed by atoms with Gasteiger partial charge in [-0.25, -0.2) is 8.42 Å². The molecule has 0 aromatic heterocycles. The monoisotopic (exact) mass is 333 g/mol. The summed E-state index contributed by atoms with van der Waals surface area (Å²) < 4.78 is 27.6. The van der Waals surface area contributed by atoms with E-state index in [4.69, 9.17) is 23.2 Å². The fourth-order valence-corrected chi connectivity index (χ4v) is 6.12. The van der Waals surface area contributed by atoms with Gasteiger partial charge in [0.2, 0.25) is 10.0 Å². The van der Waals surface area contributed by atoms with Crippen LogP contribution in [0.2, 0.25) is 10.0 Å². The lowest BCUT2D eigenvalue weighted by molar-refractivity contribution is 0.124. The van der Waals surface area contributed by atoms with Gasteiger partial charge in [0.05, 0.1) is 4.90 Å². The Morgan fingerprint density at radius 3 is 1.80 bits per heavy atom. The van der Waals surface area contributed by atoms with Gasteiger partial charge < -0.3 is 0 Å². The Kier molecular flexibility index (Phi) is 4.01. The second-order valence-electron chi connectivity index (χ2n) is 5.61. The first-order chi connectivity index (χ1) is 9.48. The molecule has 1 aromatic rings. The van der Waals surface area contributed by atoms with Crippen LogP contribution in [0.25, 0.3) is 0 Å². The summed E-state index contributed by atoms with van der Waals surface area (Å²) in [6.07, 6.45) is 6.09. The zero-order valence-corrected chi connectivity index (χ0v) is 13.4. The molecule has 2 saturated heterocycles. The summed E-state index contributed by atoms with van der Waals surface area (Å²) in [4.78, 5) is 0.216. The number of rotatable bonds is 2. The summed E-state index contributed by atoms with van der Waals surface area (Å²) in [7, 11) is -3.50. The Morgan fingerprint density at radius 1 is 0.900 bits per heavy atom. The average Bonchev–Trinajstić information content (AvgIpc) is 2.36.